The lowest BCUT2D eigenvalue weighted by Crippen LogP contribution is -2.19. The Morgan fingerprint density at radius 1 is 0.750 bits per heavy atom. The van der Waals surface area contributed by atoms with E-state index in [0.717, 1.165) is 12.3 Å². The van der Waals surface area contributed by atoms with Gasteiger partial charge in [0, 0.05) is 6.61 Å². The molecule has 0 bridgehead atoms. The van der Waals surface area contributed by atoms with Gasteiger partial charge in [0.15, 0.2) is 0 Å². The Kier molecular flexibility index (Phi) is 19.1. The third-order valence-corrected chi connectivity index (χ3v) is 4.81. The SMILES string of the molecule is CCCCCCCC(C)CCCCCCCCCOCC(O)CO. The standard InChI is InChI=1S/C21H44O3/c1-3-4-5-9-12-15-20(2)16-13-10-7-6-8-11-14-17-24-19-21(23)18-22/h20-23H,3-19H2,1-2H3. The lowest BCUT2D eigenvalue weighted by atomic mass is 9.96. The Morgan fingerprint density at radius 3 is 1.79 bits per heavy atom. The summed E-state index contributed by atoms with van der Waals surface area (Å²) in [5.74, 6) is 0.915. The fourth-order valence-electron chi connectivity index (χ4n) is 3.09. The first kappa shape index (κ1) is 23.9. The minimum atomic E-state index is -0.719. The summed E-state index contributed by atoms with van der Waals surface area (Å²) in [4.78, 5) is 0. The van der Waals surface area contributed by atoms with Crippen molar-refractivity contribution in [3.05, 3.63) is 0 Å². The summed E-state index contributed by atoms with van der Waals surface area (Å²) in [7, 11) is 0. The van der Waals surface area contributed by atoms with Gasteiger partial charge in [0.25, 0.3) is 0 Å². The van der Waals surface area contributed by atoms with E-state index in [4.69, 9.17) is 14.9 Å². The maximum atomic E-state index is 9.13. The van der Waals surface area contributed by atoms with Gasteiger partial charge in [-0.1, -0.05) is 97.3 Å². The van der Waals surface area contributed by atoms with Crippen molar-refractivity contribution in [1.82, 2.24) is 0 Å². The molecule has 0 aliphatic heterocycles. The van der Waals surface area contributed by atoms with Gasteiger partial charge < -0.3 is 14.9 Å². The minimum Gasteiger partial charge on any atom is -0.394 e. The molecule has 3 nitrogen and oxygen atoms in total. The van der Waals surface area contributed by atoms with Crippen molar-refractivity contribution < 1.29 is 14.9 Å². The van der Waals surface area contributed by atoms with Crippen LogP contribution in [0, 0.1) is 5.92 Å². The molecule has 24 heavy (non-hydrogen) atoms. The van der Waals surface area contributed by atoms with Crippen molar-refractivity contribution in [3.63, 3.8) is 0 Å². The second-order valence-corrected chi connectivity index (χ2v) is 7.48. The van der Waals surface area contributed by atoms with Gasteiger partial charge >= 0.3 is 0 Å². The first-order valence-corrected chi connectivity index (χ1v) is 10.6. The molecule has 0 aliphatic carbocycles. The van der Waals surface area contributed by atoms with Gasteiger partial charge in [0.2, 0.25) is 0 Å². The zero-order valence-corrected chi connectivity index (χ0v) is 16.5. The molecule has 0 aromatic heterocycles. The highest BCUT2D eigenvalue weighted by atomic mass is 16.5. The van der Waals surface area contributed by atoms with Gasteiger partial charge in [-0.3, -0.25) is 0 Å². The van der Waals surface area contributed by atoms with Crippen LogP contribution < -0.4 is 0 Å². The van der Waals surface area contributed by atoms with E-state index >= 15 is 0 Å². The molecule has 0 spiro atoms. The first-order chi connectivity index (χ1) is 11.7. The lowest BCUT2D eigenvalue weighted by molar-refractivity contribution is 0.00526. The van der Waals surface area contributed by atoms with Crippen LogP contribution in [0.15, 0.2) is 0 Å². The largest absolute Gasteiger partial charge is 0.394 e. The summed E-state index contributed by atoms with van der Waals surface area (Å²) in [6, 6.07) is 0. The molecule has 2 atom stereocenters. The lowest BCUT2D eigenvalue weighted by Gasteiger charge is -2.11. The summed E-state index contributed by atoms with van der Waals surface area (Å²) >= 11 is 0. The van der Waals surface area contributed by atoms with E-state index in [1.807, 2.05) is 0 Å². The molecular weight excluding hydrogens is 300 g/mol. The Morgan fingerprint density at radius 2 is 1.25 bits per heavy atom. The van der Waals surface area contributed by atoms with Gasteiger partial charge in [-0.25, -0.2) is 0 Å². The third kappa shape index (κ3) is 18.2. The maximum absolute atomic E-state index is 9.13. The molecule has 3 heteroatoms. The molecule has 0 radical (unpaired) electrons. The van der Waals surface area contributed by atoms with Crippen molar-refractivity contribution in [2.24, 2.45) is 5.92 Å². The number of aliphatic hydroxyl groups is 2. The number of unbranched alkanes of at least 4 members (excludes halogenated alkanes) is 10. The predicted octanol–water partition coefficient (Wildman–Crippen LogP) is 5.47. The smallest absolute Gasteiger partial charge is 0.100 e. The number of ether oxygens (including phenoxy) is 1. The summed E-state index contributed by atoms with van der Waals surface area (Å²) < 4.78 is 5.30. The Labute approximate surface area is 151 Å². The average molecular weight is 345 g/mol. The molecule has 0 amide bonds. The number of hydrogen-bond donors (Lipinski definition) is 2. The Bertz CT molecular complexity index is 233. The number of rotatable bonds is 19. The van der Waals surface area contributed by atoms with Crippen molar-refractivity contribution >= 4 is 0 Å². The first-order valence-electron chi connectivity index (χ1n) is 10.6. The van der Waals surface area contributed by atoms with Gasteiger partial charge in [-0.2, -0.15) is 0 Å². The quantitative estimate of drug-likeness (QED) is 0.305. The molecule has 0 fully saturated rings. The van der Waals surface area contributed by atoms with E-state index in [1.165, 1.54) is 83.5 Å². The van der Waals surface area contributed by atoms with Crippen LogP contribution in [0.5, 0.6) is 0 Å². The molecule has 0 heterocycles. The van der Waals surface area contributed by atoms with Crippen LogP contribution in [0.3, 0.4) is 0 Å². The zero-order valence-electron chi connectivity index (χ0n) is 16.5. The monoisotopic (exact) mass is 344 g/mol. The van der Waals surface area contributed by atoms with Crippen molar-refractivity contribution in [1.29, 1.82) is 0 Å². The number of hydrogen-bond acceptors (Lipinski definition) is 3. The molecule has 0 aromatic rings. The average Bonchev–Trinajstić information content (AvgIpc) is 2.59. The van der Waals surface area contributed by atoms with E-state index in [2.05, 4.69) is 13.8 Å². The topological polar surface area (TPSA) is 49.7 Å². The van der Waals surface area contributed by atoms with E-state index in [9.17, 15) is 0 Å². The van der Waals surface area contributed by atoms with Crippen molar-refractivity contribution in [3.8, 4) is 0 Å². The Balaban J connectivity index is 3.13. The van der Waals surface area contributed by atoms with E-state index in [0.29, 0.717) is 6.61 Å². The van der Waals surface area contributed by atoms with Crippen molar-refractivity contribution in [2.75, 3.05) is 19.8 Å². The molecule has 146 valence electrons. The van der Waals surface area contributed by atoms with Gasteiger partial charge in [0.1, 0.15) is 6.10 Å². The molecule has 0 saturated heterocycles. The second-order valence-electron chi connectivity index (χ2n) is 7.48. The molecule has 0 aromatic carbocycles. The molecule has 0 rings (SSSR count). The van der Waals surface area contributed by atoms with Gasteiger partial charge in [-0.15, -0.1) is 0 Å². The maximum Gasteiger partial charge on any atom is 0.100 e. The van der Waals surface area contributed by atoms with Crippen LogP contribution >= 0.6 is 0 Å². The van der Waals surface area contributed by atoms with Gasteiger partial charge in [0.05, 0.1) is 13.2 Å². The molecule has 0 aliphatic rings. The van der Waals surface area contributed by atoms with Crippen LogP contribution in [-0.4, -0.2) is 36.1 Å². The molecule has 2 N–H and O–H groups in total. The van der Waals surface area contributed by atoms with Crippen LogP contribution in [0.4, 0.5) is 0 Å². The zero-order chi connectivity index (χ0) is 17.9. The molecular formula is C21H44O3. The molecule has 2 unspecified atom stereocenters. The second kappa shape index (κ2) is 19.2. The van der Waals surface area contributed by atoms with E-state index in [-0.39, 0.29) is 13.2 Å². The van der Waals surface area contributed by atoms with E-state index < -0.39 is 6.10 Å². The van der Waals surface area contributed by atoms with Crippen LogP contribution in [-0.2, 0) is 4.74 Å². The highest BCUT2D eigenvalue weighted by Crippen LogP contribution is 2.18. The highest BCUT2D eigenvalue weighted by Gasteiger charge is 2.02. The van der Waals surface area contributed by atoms with Gasteiger partial charge in [-0.05, 0) is 12.3 Å². The van der Waals surface area contributed by atoms with Crippen LogP contribution in [0.25, 0.3) is 0 Å². The summed E-state index contributed by atoms with van der Waals surface area (Å²) in [5, 5.41) is 17.8. The van der Waals surface area contributed by atoms with Crippen molar-refractivity contribution in [2.45, 2.75) is 110 Å². The summed E-state index contributed by atoms with van der Waals surface area (Å²) in [5.41, 5.74) is 0. The minimum absolute atomic E-state index is 0.211. The third-order valence-electron chi connectivity index (χ3n) is 4.81. The van der Waals surface area contributed by atoms with E-state index in [1.54, 1.807) is 0 Å². The van der Waals surface area contributed by atoms with Crippen LogP contribution in [0.1, 0.15) is 104 Å². The predicted molar refractivity (Wildman–Crippen MR) is 103 cm³/mol. The molecule has 0 saturated carbocycles. The fourth-order valence-corrected chi connectivity index (χ4v) is 3.09. The highest BCUT2D eigenvalue weighted by molar-refractivity contribution is 4.56. The fraction of sp³-hybridized carbons (Fsp3) is 1.00. The number of aliphatic hydroxyl groups excluding tert-OH is 2. The summed E-state index contributed by atoms with van der Waals surface area (Å²) in [6.45, 7) is 5.45. The normalized spacial score (nSPS) is 14.0. The van der Waals surface area contributed by atoms with Crippen LogP contribution in [0.2, 0.25) is 0 Å². The summed E-state index contributed by atoms with van der Waals surface area (Å²) in [6.07, 6.45) is 18.2. The Hall–Kier alpha value is -0.120.